The largest absolute Gasteiger partial charge is 0.350 e. The van der Waals surface area contributed by atoms with E-state index >= 15 is 0 Å². The highest BCUT2D eigenvalue weighted by Gasteiger charge is 2.38. The lowest BCUT2D eigenvalue weighted by atomic mass is 10.1. The molecule has 1 saturated carbocycles. The monoisotopic (exact) mass is 250 g/mol. The minimum atomic E-state index is 0.458. The topological polar surface area (TPSA) is 42.2 Å². The summed E-state index contributed by atoms with van der Waals surface area (Å²) in [5.74, 6) is 1.31. The van der Waals surface area contributed by atoms with E-state index in [2.05, 4.69) is 45.7 Å². The lowest BCUT2D eigenvalue weighted by molar-refractivity contribution is 0.941. The van der Waals surface area contributed by atoms with Gasteiger partial charge < -0.3 is 5.32 Å². The molecule has 4 rings (SSSR count). The molecule has 2 atom stereocenters. The zero-order valence-corrected chi connectivity index (χ0v) is 10.4. The normalized spacial score (nSPS) is 21.5. The van der Waals surface area contributed by atoms with Crippen LogP contribution in [0.3, 0.4) is 0 Å². The molecule has 4 heteroatoms. The van der Waals surface area contributed by atoms with Crippen LogP contribution in [0.2, 0.25) is 0 Å². The zero-order valence-electron chi connectivity index (χ0n) is 10.4. The van der Waals surface area contributed by atoms with Gasteiger partial charge in [-0.05, 0) is 24.1 Å². The second-order valence-electron chi connectivity index (χ2n) is 4.94. The number of nitrogens with zero attached hydrogens (tertiary/aromatic N) is 3. The Balaban J connectivity index is 1.51. The van der Waals surface area contributed by atoms with E-state index in [1.807, 2.05) is 24.4 Å². The average molecular weight is 250 g/mol. The van der Waals surface area contributed by atoms with Crippen LogP contribution in [0.1, 0.15) is 17.9 Å². The van der Waals surface area contributed by atoms with Gasteiger partial charge in [0.15, 0.2) is 5.65 Å². The third kappa shape index (κ3) is 1.95. The molecule has 0 aliphatic heterocycles. The molecule has 1 fully saturated rings. The SMILES string of the molecule is c1ccc(C2CC2Nc2nc3ccccn3n2)cc1. The van der Waals surface area contributed by atoms with Crippen molar-refractivity contribution in [3.05, 3.63) is 60.3 Å². The number of benzene rings is 1. The average Bonchev–Trinajstić information content (AvgIpc) is 3.09. The Hall–Kier alpha value is -2.36. The first-order valence-electron chi connectivity index (χ1n) is 6.53. The van der Waals surface area contributed by atoms with Gasteiger partial charge in [-0.15, -0.1) is 5.10 Å². The van der Waals surface area contributed by atoms with Gasteiger partial charge in [0.25, 0.3) is 0 Å². The van der Waals surface area contributed by atoms with E-state index in [1.165, 1.54) is 5.56 Å². The molecule has 0 bridgehead atoms. The fraction of sp³-hybridized carbons (Fsp3) is 0.200. The number of pyridine rings is 1. The van der Waals surface area contributed by atoms with Gasteiger partial charge in [0.05, 0.1) is 0 Å². The molecule has 19 heavy (non-hydrogen) atoms. The van der Waals surface area contributed by atoms with E-state index in [-0.39, 0.29) is 0 Å². The van der Waals surface area contributed by atoms with Crippen LogP contribution >= 0.6 is 0 Å². The second-order valence-corrected chi connectivity index (χ2v) is 4.94. The first-order chi connectivity index (χ1) is 9.40. The van der Waals surface area contributed by atoms with Crippen molar-refractivity contribution < 1.29 is 0 Å². The number of fused-ring (bicyclic) bond motifs is 1. The number of hydrogen-bond donors (Lipinski definition) is 1. The third-order valence-corrected chi connectivity index (χ3v) is 3.57. The minimum absolute atomic E-state index is 0.458. The lowest BCUT2D eigenvalue weighted by Crippen LogP contribution is -2.05. The van der Waals surface area contributed by atoms with Crippen LogP contribution in [-0.2, 0) is 0 Å². The van der Waals surface area contributed by atoms with E-state index < -0.39 is 0 Å². The molecule has 0 spiro atoms. The van der Waals surface area contributed by atoms with Gasteiger partial charge in [-0.2, -0.15) is 4.98 Å². The van der Waals surface area contributed by atoms with Crippen molar-refractivity contribution >= 4 is 11.6 Å². The first kappa shape index (κ1) is 10.6. The number of nitrogens with one attached hydrogen (secondary N) is 1. The molecule has 2 unspecified atom stereocenters. The Bertz CT molecular complexity index is 671. The Morgan fingerprint density at radius 3 is 2.74 bits per heavy atom. The van der Waals surface area contributed by atoms with Crippen LogP contribution in [0.5, 0.6) is 0 Å². The molecule has 3 aromatic rings. The summed E-state index contributed by atoms with van der Waals surface area (Å²) in [6.07, 6.45) is 3.06. The van der Waals surface area contributed by atoms with Crippen LogP contribution in [0.15, 0.2) is 54.7 Å². The summed E-state index contributed by atoms with van der Waals surface area (Å²) in [6, 6.07) is 16.9. The number of hydrogen-bond acceptors (Lipinski definition) is 3. The van der Waals surface area contributed by atoms with Crippen molar-refractivity contribution in [2.45, 2.75) is 18.4 Å². The van der Waals surface area contributed by atoms with E-state index in [0.717, 1.165) is 18.0 Å². The predicted molar refractivity (Wildman–Crippen MR) is 74.2 cm³/mol. The van der Waals surface area contributed by atoms with E-state index in [4.69, 9.17) is 0 Å². The predicted octanol–water partition coefficient (Wildman–Crippen LogP) is 2.70. The van der Waals surface area contributed by atoms with E-state index in [1.54, 1.807) is 4.52 Å². The molecule has 2 heterocycles. The summed E-state index contributed by atoms with van der Waals surface area (Å²) in [5.41, 5.74) is 2.27. The van der Waals surface area contributed by atoms with Crippen molar-refractivity contribution in [3.8, 4) is 0 Å². The quantitative estimate of drug-likeness (QED) is 0.777. The van der Waals surface area contributed by atoms with Gasteiger partial charge in [0, 0.05) is 18.2 Å². The highest BCUT2D eigenvalue weighted by atomic mass is 15.4. The van der Waals surface area contributed by atoms with Crippen LogP contribution in [0.4, 0.5) is 5.95 Å². The number of aromatic nitrogens is 3. The maximum Gasteiger partial charge on any atom is 0.243 e. The molecule has 0 radical (unpaired) electrons. The molecule has 0 saturated heterocycles. The number of rotatable bonds is 3. The summed E-state index contributed by atoms with van der Waals surface area (Å²) in [4.78, 5) is 4.46. The molecule has 2 aromatic heterocycles. The Labute approximate surface area is 111 Å². The Morgan fingerprint density at radius 1 is 1.05 bits per heavy atom. The van der Waals surface area contributed by atoms with E-state index in [0.29, 0.717) is 12.0 Å². The Kier molecular flexibility index (Phi) is 2.27. The molecule has 1 aliphatic carbocycles. The summed E-state index contributed by atoms with van der Waals surface area (Å²) < 4.78 is 1.79. The Morgan fingerprint density at radius 2 is 1.89 bits per heavy atom. The molecular formula is C15H14N4. The van der Waals surface area contributed by atoms with Crippen molar-refractivity contribution in [3.63, 3.8) is 0 Å². The second kappa shape index (κ2) is 4.09. The van der Waals surface area contributed by atoms with E-state index in [9.17, 15) is 0 Å². The molecular weight excluding hydrogens is 236 g/mol. The van der Waals surface area contributed by atoms with Crippen molar-refractivity contribution in [1.82, 2.24) is 14.6 Å². The van der Waals surface area contributed by atoms with Crippen LogP contribution in [0, 0.1) is 0 Å². The molecule has 1 aliphatic rings. The fourth-order valence-corrected chi connectivity index (χ4v) is 2.48. The van der Waals surface area contributed by atoms with Crippen LogP contribution in [-0.4, -0.2) is 20.6 Å². The molecule has 4 nitrogen and oxygen atoms in total. The van der Waals surface area contributed by atoms with Gasteiger partial charge in [0.1, 0.15) is 0 Å². The molecule has 0 amide bonds. The van der Waals surface area contributed by atoms with Crippen LogP contribution < -0.4 is 5.32 Å². The summed E-state index contributed by atoms with van der Waals surface area (Å²) >= 11 is 0. The lowest BCUT2D eigenvalue weighted by Gasteiger charge is -2.00. The maximum atomic E-state index is 4.46. The summed E-state index contributed by atoms with van der Waals surface area (Å²) in [5, 5.41) is 7.83. The summed E-state index contributed by atoms with van der Waals surface area (Å²) in [7, 11) is 0. The van der Waals surface area contributed by atoms with Gasteiger partial charge in [0.2, 0.25) is 5.95 Å². The zero-order chi connectivity index (χ0) is 12.7. The maximum absolute atomic E-state index is 4.46. The highest BCUT2D eigenvalue weighted by molar-refractivity contribution is 5.45. The summed E-state index contributed by atoms with van der Waals surface area (Å²) in [6.45, 7) is 0. The fourth-order valence-electron chi connectivity index (χ4n) is 2.48. The first-order valence-corrected chi connectivity index (χ1v) is 6.53. The molecule has 1 aromatic carbocycles. The van der Waals surface area contributed by atoms with Crippen molar-refractivity contribution in [2.24, 2.45) is 0 Å². The smallest absolute Gasteiger partial charge is 0.243 e. The van der Waals surface area contributed by atoms with Crippen molar-refractivity contribution in [1.29, 1.82) is 0 Å². The third-order valence-electron chi connectivity index (χ3n) is 3.57. The van der Waals surface area contributed by atoms with Gasteiger partial charge >= 0.3 is 0 Å². The molecule has 94 valence electrons. The van der Waals surface area contributed by atoms with Gasteiger partial charge in [-0.25, -0.2) is 4.52 Å². The highest BCUT2D eigenvalue weighted by Crippen LogP contribution is 2.42. The van der Waals surface area contributed by atoms with Gasteiger partial charge in [-0.3, -0.25) is 0 Å². The van der Waals surface area contributed by atoms with Crippen LogP contribution in [0.25, 0.3) is 5.65 Å². The number of anilines is 1. The standard InChI is InChI=1S/C15H14N4/c1-2-6-11(7-3-1)12-10-13(12)16-15-17-14-8-4-5-9-19(14)18-15/h1-9,12-13H,10H2,(H,16,18). The van der Waals surface area contributed by atoms with Crippen molar-refractivity contribution in [2.75, 3.05) is 5.32 Å². The molecule has 1 N–H and O–H groups in total. The minimum Gasteiger partial charge on any atom is -0.350 e. The van der Waals surface area contributed by atoms with Gasteiger partial charge in [-0.1, -0.05) is 36.4 Å².